The highest BCUT2D eigenvalue weighted by Crippen LogP contribution is 2.03. The fourth-order valence-corrected chi connectivity index (χ4v) is 1.48. The lowest BCUT2D eigenvalue weighted by Gasteiger charge is -1.94. The second-order valence-electron chi connectivity index (χ2n) is 4.12. The van der Waals surface area contributed by atoms with Crippen molar-refractivity contribution in [1.82, 2.24) is 0 Å². The van der Waals surface area contributed by atoms with Crippen LogP contribution in [0.25, 0.3) is 0 Å². The second-order valence-corrected chi connectivity index (χ2v) is 4.12. The van der Waals surface area contributed by atoms with Crippen LogP contribution in [-0.4, -0.2) is 11.1 Å². The van der Waals surface area contributed by atoms with Crippen molar-refractivity contribution in [3.63, 3.8) is 0 Å². The van der Waals surface area contributed by atoms with Crippen molar-refractivity contribution in [3.8, 4) is 11.8 Å². The molecule has 0 aromatic rings. The van der Waals surface area contributed by atoms with Crippen LogP contribution in [0.1, 0.15) is 71.1 Å². The van der Waals surface area contributed by atoms with E-state index in [9.17, 15) is 4.79 Å². The minimum Gasteiger partial charge on any atom is -0.481 e. The first kappa shape index (κ1) is 15.0. The number of unbranched alkanes of at least 4 members (excludes halogenated alkanes) is 7. The smallest absolute Gasteiger partial charge is 0.303 e. The van der Waals surface area contributed by atoms with Gasteiger partial charge >= 0.3 is 5.97 Å². The van der Waals surface area contributed by atoms with E-state index in [0.29, 0.717) is 6.42 Å². The van der Waals surface area contributed by atoms with Crippen LogP contribution in [0.4, 0.5) is 0 Å². The van der Waals surface area contributed by atoms with Crippen molar-refractivity contribution in [2.75, 3.05) is 0 Å². The lowest BCUT2D eigenvalue weighted by molar-refractivity contribution is -0.137. The molecule has 0 amide bonds. The summed E-state index contributed by atoms with van der Waals surface area (Å²) in [5.41, 5.74) is 0. The van der Waals surface area contributed by atoms with Crippen LogP contribution in [0, 0.1) is 11.8 Å². The molecule has 2 nitrogen and oxygen atoms in total. The summed E-state index contributed by atoms with van der Waals surface area (Å²) in [6.45, 7) is 2.21. The van der Waals surface area contributed by atoms with E-state index in [0.717, 1.165) is 32.1 Å². The normalized spacial score (nSPS) is 9.56. The summed E-state index contributed by atoms with van der Waals surface area (Å²) in [5, 5.41) is 8.43. The Morgan fingerprint density at radius 2 is 1.50 bits per heavy atom. The average molecular weight is 224 g/mol. The Labute approximate surface area is 99.4 Å². The number of hydrogen-bond donors (Lipinski definition) is 1. The van der Waals surface area contributed by atoms with Gasteiger partial charge in [-0.05, 0) is 19.3 Å². The lowest BCUT2D eigenvalue weighted by Crippen LogP contribution is -1.93. The molecule has 2 heteroatoms. The first-order valence-electron chi connectivity index (χ1n) is 6.45. The first-order valence-corrected chi connectivity index (χ1v) is 6.45. The zero-order valence-electron chi connectivity index (χ0n) is 10.4. The van der Waals surface area contributed by atoms with Crippen LogP contribution in [0.3, 0.4) is 0 Å². The molecule has 0 aliphatic carbocycles. The maximum absolute atomic E-state index is 10.2. The SMILES string of the molecule is CCCCCCC#CCCCCCC(=O)O. The summed E-state index contributed by atoms with van der Waals surface area (Å²) < 4.78 is 0. The van der Waals surface area contributed by atoms with Gasteiger partial charge in [-0.25, -0.2) is 0 Å². The number of hydrogen-bond acceptors (Lipinski definition) is 1. The van der Waals surface area contributed by atoms with E-state index in [2.05, 4.69) is 18.8 Å². The summed E-state index contributed by atoms with van der Waals surface area (Å²) in [4.78, 5) is 10.2. The molecule has 16 heavy (non-hydrogen) atoms. The lowest BCUT2D eigenvalue weighted by atomic mass is 10.1. The highest BCUT2D eigenvalue weighted by atomic mass is 16.4. The first-order chi connectivity index (χ1) is 7.77. The van der Waals surface area contributed by atoms with Crippen molar-refractivity contribution in [3.05, 3.63) is 0 Å². The van der Waals surface area contributed by atoms with Crippen LogP contribution in [-0.2, 0) is 4.79 Å². The predicted molar refractivity (Wildman–Crippen MR) is 67.3 cm³/mol. The maximum atomic E-state index is 10.2. The van der Waals surface area contributed by atoms with Crippen LogP contribution in [0.15, 0.2) is 0 Å². The summed E-state index contributed by atoms with van der Waals surface area (Å²) in [5.74, 6) is 5.64. The molecule has 92 valence electrons. The van der Waals surface area contributed by atoms with E-state index in [1.807, 2.05) is 0 Å². The Bertz CT molecular complexity index is 223. The van der Waals surface area contributed by atoms with Crippen molar-refractivity contribution in [2.24, 2.45) is 0 Å². The van der Waals surface area contributed by atoms with E-state index in [1.54, 1.807) is 0 Å². The molecular formula is C14H24O2. The van der Waals surface area contributed by atoms with E-state index in [1.165, 1.54) is 25.7 Å². The van der Waals surface area contributed by atoms with Gasteiger partial charge in [0.05, 0.1) is 0 Å². The van der Waals surface area contributed by atoms with Gasteiger partial charge in [0.2, 0.25) is 0 Å². The second kappa shape index (κ2) is 12.1. The third-order valence-corrected chi connectivity index (χ3v) is 2.47. The number of rotatable bonds is 9. The molecule has 0 aromatic heterocycles. The van der Waals surface area contributed by atoms with E-state index in [4.69, 9.17) is 5.11 Å². The molecule has 0 saturated heterocycles. The van der Waals surface area contributed by atoms with Crippen molar-refractivity contribution < 1.29 is 9.90 Å². The fourth-order valence-electron chi connectivity index (χ4n) is 1.48. The number of carboxylic acids is 1. The van der Waals surface area contributed by atoms with Crippen molar-refractivity contribution in [1.29, 1.82) is 0 Å². The molecule has 0 fully saturated rings. The molecular weight excluding hydrogens is 200 g/mol. The Hall–Kier alpha value is -0.970. The van der Waals surface area contributed by atoms with Crippen molar-refractivity contribution in [2.45, 2.75) is 71.1 Å². The molecule has 0 spiro atoms. The van der Waals surface area contributed by atoms with Gasteiger partial charge in [0.15, 0.2) is 0 Å². The quantitative estimate of drug-likeness (QED) is 0.475. The van der Waals surface area contributed by atoms with Gasteiger partial charge in [0.25, 0.3) is 0 Å². The molecule has 0 heterocycles. The van der Waals surface area contributed by atoms with Gasteiger partial charge < -0.3 is 5.11 Å². The van der Waals surface area contributed by atoms with Crippen LogP contribution in [0.2, 0.25) is 0 Å². The summed E-state index contributed by atoms with van der Waals surface area (Å²) in [7, 11) is 0. The summed E-state index contributed by atoms with van der Waals surface area (Å²) in [6.07, 6.45) is 10.2. The largest absolute Gasteiger partial charge is 0.481 e. The Morgan fingerprint density at radius 3 is 2.00 bits per heavy atom. The third-order valence-electron chi connectivity index (χ3n) is 2.47. The fraction of sp³-hybridized carbons (Fsp3) is 0.786. The highest BCUT2D eigenvalue weighted by Gasteiger charge is 1.94. The molecule has 0 aliphatic heterocycles. The van der Waals surface area contributed by atoms with E-state index in [-0.39, 0.29) is 0 Å². The van der Waals surface area contributed by atoms with Gasteiger partial charge in [-0.1, -0.05) is 32.6 Å². The van der Waals surface area contributed by atoms with Gasteiger partial charge in [-0.15, -0.1) is 11.8 Å². The molecule has 0 aliphatic rings. The average Bonchev–Trinajstić information content (AvgIpc) is 2.25. The van der Waals surface area contributed by atoms with Crippen LogP contribution < -0.4 is 0 Å². The van der Waals surface area contributed by atoms with Gasteiger partial charge in [0, 0.05) is 19.3 Å². The molecule has 0 rings (SSSR count). The molecule has 0 radical (unpaired) electrons. The summed E-state index contributed by atoms with van der Waals surface area (Å²) in [6, 6.07) is 0. The molecule has 0 unspecified atom stereocenters. The van der Waals surface area contributed by atoms with Crippen LogP contribution >= 0.6 is 0 Å². The molecule has 0 bridgehead atoms. The van der Waals surface area contributed by atoms with Crippen molar-refractivity contribution >= 4 is 5.97 Å². The Balaban J connectivity index is 3.12. The zero-order chi connectivity index (χ0) is 12.1. The zero-order valence-corrected chi connectivity index (χ0v) is 10.4. The predicted octanol–water partition coefficient (Wildman–Crippen LogP) is 4.00. The number of aliphatic carboxylic acids is 1. The van der Waals surface area contributed by atoms with Gasteiger partial charge in [-0.3, -0.25) is 4.79 Å². The number of carboxylic acid groups (broad SMARTS) is 1. The minimum atomic E-state index is -0.693. The van der Waals surface area contributed by atoms with Gasteiger partial charge in [-0.2, -0.15) is 0 Å². The highest BCUT2D eigenvalue weighted by molar-refractivity contribution is 5.66. The molecule has 1 N–H and O–H groups in total. The monoisotopic (exact) mass is 224 g/mol. The molecule has 0 saturated carbocycles. The van der Waals surface area contributed by atoms with E-state index >= 15 is 0 Å². The topological polar surface area (TPSA) is 37.3 Å². The Kier molecular flexibility index (Phi) is 11.4. The van der Waals surface area contributed by atoms with Gasteiger partial charge in [0.1, 0.15) is 0 Å². The minimum absolute atomic E-state index is 0.296. The standard InChI is InChI=1S/C14H24O2/c1-2-3-4-5-6-7-8-9-10-11-12-13-14(15)16/h2-6,9-13H2,1H3,(H,15,16). The van der Waals surface area contributed by atoms with E-state index < -0.39 is 5.97 Å². The Morgan fingerprint density at radius 1 is 0.938 bits per heavy atom. The third kappa shape index (κ3) is 13.0. The number of carbonyl (C=O) groups is 1. The maximum Gasteiger partial charge on any atom is 0.303 e. The summed E-state index contributed by atoms with van der Waals surface area (Å²) >= 11 is 0. The molecule has 0 aromatic carbocycles. The van der Waals surface area contributed by atoms with Crippen LogP contribution in [0.5, 0.6) is 0 Å². The molecule has 0 atom stereocenters.